The van der Waals surface area contributed by atoms with Crippen LogP contribution < -0.4 is 15.5 Å². The molecule has 3 aromatic carbocycles. The largest absolute Gasteiger partial charge is 0.368 e. The lowest BCUT2D eigenvalue weighted by Gasteiger charge is -2.36. The third-order valence-corrected chi connectivity index (χ3v) is 6.82. The van der Waals surface area contributed by atoms with Gasteiger partial charge in [0.2, 0.25) is 5.91 Å². The fourth-order valence-corrected chi connectivity index (χ4v) is 4.81. The standard InChI is InChI=1S/C28H28Cl2N4O3/c29-24-17-21(19-35)18-25(30)27(24)32-28(37)34-15-13-33(14-16-34)23-11-9-22(10-12-23)31-26(36)8-4-7-20-5-2-1-3-6-20/h1-3,5-6,9-12,17-19H,4,7-8,13-16H2,(H,31,36)(H,32,37). The molecule has 0 aliphatic carbocycles. The average Bonchev–Trinajstić information content (AvgIpc) is 2.91. The molecule has 2 N–H and O–H groups in total. The molecule has 9 heteroatoms. The molecule has 0 radical (unpaired) electrons. The molecule has 192 valence electrons. The number of piperazine rings is 1. The number of carbonyl (C=O) groups excluding carboxylic acids is 3. The van der Waals surface area contributed by atoms with Crippen LogP contribution in [-0.4, -0.2) is 49.3 Å². The van der Waals surface area contributed by atoms with Gasteiger partial charge in [-0.1, -0.05) is 53.5 Å². The van der Waals surface area contributed by atoms with Crippen LogP contribution in [0.3, 0.4) is 0 Å². The predicted octanol–water partition coefficient (Wildman–Crippen LogP) is 6.12. The van der Waals surface area contributed by atoms with Crippen molar-refractivity contribution in [2.75, 3.05) is 41.7 Å². The Kier molecular flexibility index (Phi) is 9.04. The molecule has 4 rings (SSSR count). The van der Waals surface area contributed by atoms with Gasteiger partial charge in [-0.15, -0.1) is 0 Å². The van der Waals surface area contributed by atoms with Gasteiger partial charge in [0.15, 0.2) is 0 Å². The molecule has 1 aliphatic heterocycles. The molecule has 1 aliphatic rings. The second kappa shape index (κ2) is 12.6. The van der Waals surface area contributed by atoms with E-state index in [9.17, 15) is 14.4 Å². The number of amides is 3. The summed E-state index contributed by atoms with van der Waals surface area (Å²) in [5.74, 6) is 0.00399. The lowest BCUT2D eigenvalue weighted by atomic mass is 10.1. The van der Waals surface area contributed by atoms with E-state index in [1.165, 1.54) is 17.7 Å². The van der Waals surface area contributed by atoms with Gasteiger partial charge >= 0.3 is 6.03 Å². The van der Waals surface area contributed by atoms with E-state index in [0.717, 1.165) is 24.2 Å². The van der Waals surface area contributed by atoms with Crippen molar-refractivity contribution in [3.63, 3.8) is 0 Å². The van der Waals surface area contributed by atoms with E-state index in [-0.39, 0.29) is 22.0 Å². The lowest BCUT2D eigenvalue weighted by molar-refractivity contribution is -0.116. The molecule has 0 saturated carbocycles. The topological polar surface area (TPSA) is 81.8 Å². The first-order chi connectivity index (χ1) is 17.9. The maximum absolute atomic E-state index is 12.7. The van der Waals surface area contributed by atoms with Gasteiger partial charge in [-0.05, 0) is 54.8 Å². The molecule has 1 saturated heterocycles. The predicted molar refractivity (Wildman–Crippen MR) is 149 cm³/mol. The monoisotopic (exact) mass is 538 g/mol. The van der Waals surface area contributed by atoms with Gasteiger partial charge in [-0.3, -0.25) is 9.59 Å². The average molecular weight is 539 g/mol. The highest BCUT2D eigenvalue weighted by molar-refractivity contribution is 6.40. The first kappa shape index (κ1) is 26.5. The summed E-state index contributed by atoms with van der Waals surface area (Å²) < 4.78 is 0. The Labute approximate surface area is 226 Å². The van der Waals surface area contributed by atoms with Crippen LogP contribution in [0.4, 0.5) is 21.9 Å². The highest BCUT2D eigenvalue weighted by atomic mass is 35.5. The molecule has 1 heterocycles. The molecule has 7 nitrogen and oxygen atoms in total. The molecule has 0 unspecified atom stereocenters. The Morgan fingerprint density at radius 3 is 2.14 bits per heavy atom. The summed E-state index contributed by atoms with van der Waals surface area (Å²) in [5, 5.41) is 6.14. The highest BCUT2D eigenvalue weighted by Gasteiger charge is 2.23. The van der Waals surface area contributed by atoms with Crippen LogP contribution in [0, 0.1) is 0 Å². The third kappa shape index (κ3) is 7.24. The summed E-state index contributed by atoms with van der Waals surface area (Å²) in [6.07, 6.45) is 2.80. The van der Waals surface area contributed by atoms with Crippen molar-refractivity contribution in [2.45, 2.75) is 19.3 Å². The van der Waals surface area contributed by atoms with Crippen LogP contribution in [0.2, 0.25) is 10.0 Å². The Morgan fingerprint density at radius 2 is 1.51 bits per heavy atom. The fourth-order valence-electron chi connectivity index (χ4n) is 4.21. The zero-order valence-electron chi connectivity index (χ0n) is 20.3. The Balaban J connectivity index is 1.23. The SMILES string of the molecule is O=Cc1cc(Cl)c(NC(=O)N2CCN(c3ccc(NC(=O)CCCc4ccccc4)cc3)CC2)c(Cl)c1. The number of nitrogens with zero attached hydrogens (tertiary/aromatic N) is 2. The number of hydrogen-bond acceptors (Lipinski definition) is 4. The molecule has 37 heavy (non-hydrogen) atoms. The summed E-state index contributed by atoms with van der Waals surface area (Å²) in [4.78, 5) is 39.9. The van der Waals surface area contributed by atoms with Crippen LogP contribution in [-0.2, 0) is 11.2 Å². The quantitative estimate of drug-likeness (QED) is 0.338. The van der Waals surface area contributed by atoms with E-state index >= 15 is 0 Å². The second-order valence-electron chi connectivity index (χ2n) is 8.82. The maximum atomic E-state index is 12.7. The van der Waals surface area contributed by atoms with Crippen LogP contribution >= 0.6 is 23.2 Å². The van der Waals surface area contributed by atoms with Crippen LogP contribution in [0.15, 0.2) is 66.7 Å². The van der Waals surface area contributed by atoms with Crippen LogP contribution in [0.25, 0.3) is 0 Å². The van der Waals surface area contributed by atoms with E-state index in [0.29, 0.717) is 50.1 Å². The van der Waals surface area contributed by atoms with Gasteiger partial charge in [-0.25, -0.2) is 4.79 Å². The number of benzene rings is 3. The normalized spacial score (nSPS) is 13.2. The molecule has 0 spiro atoms. The van der Waals surface area contributed by atoms with Crippen LogP contribution in [0.1, 0.15) is 28.8 Å². The maximum Gasteiger partial charge on any atom is 0.322 e. The zero-order chi connectivity index (χ0) is 26.2. The number of hydrogen-bond donors (Lipinski definition) is 2. The van der Waals surface area contributed by atoms with Gasteiger partial charge in [0.1, 0.15) is 6.29 Å². The molecular formula is C28H28Cl2N4O3. The molecule has 1 fully saturated rings. The Hall–Kier alpha value is -3.55. The Morgan fingerprint density at radius 1 is 0.865 bits per heavy atom. The highest BCUT2D eigenvalue weighted by Crippen LogP contribution is 2.32. The molecular weight excluding hydrogens is 511 g/mol. The van der Waals surface area contributed by atoms with Gasteiger partial charge in [-0.2, -0.15) is 0 Å². The number of anilines is 3. The summed E-state index contributed by atoms with van der Waals surface area (Å²) in [5.41, 5.74) is 3.66. The van der Waals surface area contributed by atoms with E-state index in [2.05, 4.69) is 27.7 Å². The third-order valence-electron chi connectivity index (χ3n) is 6.23. The number of carbonyl (C=O) groups is 3. The van der Waals surface area contributed by atoms with Crippen molar-refractivity contribution in [2.24, 2.45) is 0 Å². The minimum Gasteiger partial charge on any atom is -0.368 e. The minimum absolute atomic E-state index is 0.00399. The fraction of sp³-hybridized carbons (Fsp3) is 0.250. The number of urea groups is 1. The number of halogens is 2. The van der Waals surface area contributed by atoms with Crippen molar-refractivity contribution in [1.82, 2.24) is 4.90 Å². The van der Waals surface area contributed by atoms with Gasteiger partial charge in [0, 0.05) is 49.5 Å². The molecule has 0 aromatic heterocycles. The van der Waals surface area contributed by atoms with Crippen molar-refractivity contribution in [3.8, 4) is 0 Å². The number of aldehydes is 1. The lowest BCUT2D eigenvalue weighted by Crippen LogP contribution is -2.50. The van der Waals surface area contributed by atoms with Crippen molar-refractivity contribution >= 4 is 58.5 Å². The molecule has 0 bridgehead atoms. The summed E-state index contributed by atoms with van der Waals surface area (Å²) in [7, 11) is 0. The van der Waals surface area contributed by atoms with E-state index in [1.807, 2.05) is 42.5 Å². The van der Waals surface area contributed by atoms with Gasteiger partial charge < -0.3 is 20.4 Å². The minimum atomic E-state index is -0.298. The number of rotatable bonds is 8. The molecule has 3 aromatic rings. The van der Waals surface area contributed by atoms with Crippen LogP contribution in [0.5, 0.6) is 0 Å². The molecule has 3 amide bonds. The van der Waals surface area contributed by atoms with E-state index in [1.54, 1.807) is 4.90 Å². The number of nitrogens with one attached hydrogen (secondary N) is 2. The van der Waals surface area contributed by atoms with E-state index in [4.69, 9.17) is 23.2 Å². The molecule has 0 atom stereocenters. The summed E-state index contributed by atoms with van der Waals surface area (Å²) in [6.45, 7) is 2.36. The van der Waals surface area contributed by atoms with Gasteiger partial charge in [0.05, 0.1) is 15.7 Å². The first-order valence-corrected chi connectivity index (χ1v) is 12.9. The van der Waals surface area contributed by atoms with E-state index < -0.39 is 0 Å². The second-order valence-corrected chi connectivity index (χ2v) is 9.63. The first-order valence-electron chi connectivity index (χ1n) is 12.1. The van der Waals surface area contributed by atoms with Crippen molar-refractivity contribution in [1.29, 1.82) is 0 Å². The number of aryl methyl sites for hydroxylation is 1. The zero-order valence-corrected chi connectivity index (χ0v) is 21.8. The smallest absolute Gasteiger partial charge is 0.322 e. The van der Waals surface area contributed by atoms with Crippen molar-refractivity contribution in [3.05, 3.63) is 87.9 Å². The van der Waals surface area contributed by atoms with Gasteiger partial charge in [0.25, 0.3) is 0 Å². The summed E-state index contributed by atoms with van der Waals surface area (Å²) in [6, 6.07) is 20.5. The Bertz CT molecular complexity index is 1220. The van der Waals surface area contributed by atoms with Crippen molar-refractivity contribution < 1.29 is 14.4 Å². The summed E-state index contributed by atoms with van der Waals surface area (Å²) >= 11 is 12.4.